The average molecular weight is 364 g/mol. The number of hydrogen-bond donors (Lipinski definition) is 1. The predicted octanol–water partition coefficient (Wildman–Crippen LogP) is 3.78. The van der Waals surface area contributed by atoms with Crippen LogP contribution in [0, 0.1) is 5.92 Å². The Morgan fingerprint density at radius 2 is 1.96 bits per heavy atom. The zero-order valence-electron chi connectivity index (χ0n) is 15.8. The van der Waals surface area contributed by atoms with E-state index < -0.39 is 0 Å². The Bertz CT molecular complexity index is 873. The van der Waals surface area contributed by atoms with E-state index in [0.29, 0.717) is 24.7 Å². The summed E-state index contributed by atoms with van der Waals surface area (Å²) in [5, 5.41) is 7.18. The molecule has 0 radical (unpaired) electrons. The molecule has 6 heteroatoms. The summed E-state index contributed by atoms with van der Waals surface area (Å²) >= 11 is 0. The Labute approximate surface area is 159 Å². The standard InChI is InChI=1S/C21H24N4O2/c1-15(2)13-25(14-17-6-4-5-11-22-17)21(26)20-12-19(23-24-20)16-7-9-18(27-3)10-8-16/h4-12,15H,13-14H2,1-3H3,(H,23,24). The van der Waals surface area contributed by atoms with E-state index in [9.17, 15) is 4.79 Å². The lowest BCUT2D eigenvalue weighted by Gasteiger charge is -2.23. The fourth-order valence-corrected chi connectivity index (χ4v) is 2.86. The predicted molar refractivity (Wildman–Crippen MR) is 104 cm³/mol. The largest absolute Gasteiger partial charge is 0.497 e. The average Bonchev–Trinajstić information content (AvgIpc) is 3.17. The second kappa shape index (κ2) is 8.49. The number of methoxy groups -OCH3 is 1. The van der Waals surface area contributed by atoms with Crippen LogP contribution >= 0.6 is 0 Å². The molecule has 0 bridgehead atoms. The lowest BCUT2D eigenvalue weighted by atomic mass is 10.1. The van der Waals surface area contributed by atoms with E-state index in [0.717, 1.165) is 22.7 Å². The molecular formula is C21H24N4O2. The lowest BCUT2D eigenvalue weighted by Crippen LogP contribution is -2.34. The molecule has 0 spiro atoms. The third-order valence-electron chi connectivity index (χ3n) is 4.15. The van der Waals surface area contributed by atoms with Crippen LogP contribution in [0.4, 0.5) is 0 Å². The van der Waals surface area contributed by atoms with Crippen molar-refractivity contribution < 1.29 is 9.53 Å². The first-order chi connectivity index (χ1) is 13.1. The first-order valence-electron chi connectivity index (χ1n) is 8.96. The first-order valence-corrected chi connectivity index (χ1v) is 8.96. The Morgan fingerprint density at radius 1 is 1.19 bits per heavy atom. The first kappa shape index (κ1) is 18.6. The van der Waals surface area contributed by atoms with Crippen LogP contribution in [-0.2, 0) is 6.54 Å². The normalized spacial score (nSPS) is 10.8. The van der Waals surface area contributed by atoms with E-state index in [1.165, 1.54) is 0 Å². The van der Waals surface area contributed by atoms with E-state index in [4.69, 9.17) is 4.74 Å². The molecule has 140 valence electrons. The molecule has 1 aromatic carbocycles. The maximum atomic E-state index is 13.0. The minimum Gasteiger partial charge on any atom is -0.497 e. The van der Waals surface area contributed by atoms with Crippen LogP contribution in [0.1, 0.15) is 30.0 Å². The van der Waals surface area contributed by atoms with Crippen molar-refractivity contribution in [2.45, 2.75) is 20.4 Å². The Hall–Kier alpha value is -3.15. The summed E-state index contributed by atoms with van der Waals surface area (Å²) < 4.78 is 5.18. The van der Waals surface area contributed by atoms with Gasteiger partial charge in [0.1, 0.15) is 11.4 Å². The summed E-state index contributed by atoms with van der Waals surface area (Å²) in [4.78, 5) is 19.2. The SMILES string of the molecule is COc1ccc(-c2cc(C(=O)N(Cc3ccccn3)CC(C)C)[nH]n2)cc1. The van der Waals surface area contributed by atoms with Gasteiger partial charge in [-0.3, -0.25) is 14.9 Å². The highest BCUT2D eigenvalue weighted by Crippen LogP contribution is 2.22. The van der Waals surface area contributed by atoms with Crippen molar-refractivity contribution in [3.8, 4) is 17.0 Å². The van der Waals surface area contributed by atoms with Crippen LogP contribution in [0.15, 0.2) is 54.7 Å². The van der Waals surface area contributed by atoms with Crippen molar-refractivity contribution in [3.63, 3.8) is 0 Å². The second-order valence-electron chi connectivity index (χ2n) is 6.80. The number of nitrogens with one attached hydrogen (secondary N) is 1. The van der Waals surface area contributed by atoms with Gasteiger partial charge in [-0.25, -0.2) is 0 Å². The molecule has 0 unspecified atom stereocenters. The molecule has 0 saturated heterocycles. The third-order valence-corrected chi connectivity index (χ3v) is 4.15. The van der Waals surface area contributed by atoms with Gasteiger partial charge in [-0.05, 0) is 48.4 Å². The number of benzene rings is 1. The Morgan fingerprint density at radius 3 is 2.59 bits per heavy atom. The van der Waals surface area contributed by atoms with Gasteiger partial charge >= 0.3 is 0 Å². The van der Waals surface area contributed by atoms with Gasteiger partial charge in [-0.2, -0.15) is 5.10 Å². The molecule has 1 amide bonds. The van der Waals surface area contributed by atoms with Crippen LogP contribution in [0.25, 0.3) is 11.3 Å². The van der Waals surface area contributed by atoms with E-state index >= 15 is 0 Å². The smallest absolute Gasteiger partial charge is 0.272 e. The molecule has 3 aromatic rings. The number of aromatic nitrogens is 3. The summed E-state index contributed by atoms with van der Waals surface area (Å²) in [5.41, 5.74) is 2.98. The number of hydrogen-bond acceptors (Lipinski definition) is 4. The van der Waals surface area contributed by atoms with Gasteiger partial charge < -0.3 is 9.64 Å². The minimum atomic E-state index is -0.0818. The van der Waals surface area contributed by atoms with Gasteiger partial charge in [0.15, 0.2) is 0 Å². The van der Waals surface area contributed by atoms with Crippen LogP contribution < -0.4 is 4.74 Å². The van der Waals surface area contributed by atoms with Crippen molar-refractivity contribution in [2.75, 3.05) is 13.7 Å². The van der Waals surface area contributed by atoms with E-state index in [-0.39, 0.29) is 5.91 Å². The fraction of sp³-hybridized carbons (Fsp3) is 0.286. The number of pyridine rings is 1. The summed E-state index contributed by atoms with van der Waals surface area (Å²) in [5.74, 6) is 1.05. The molecule has 0 fully saturated rings. The second-order valence-corrected chi connectivity index (χ2v) is 6.80. The lowest BCUT2D eigenvalue weighted by molar-refractivity contribution is 0.0714. The monoisotopic (exact) mass is 364 g/mol. The number of aromatic amines is 1. The molecule has 2 aromatic heterocycles. The minimum absolute atomic E-state index is 0.0818. The van der Waals surface area contributed by atoms with E-state index in [2.05, 4.69) is 29.0 Å². The Balaban J connectivity index is 1.80. The van der Waals surface area contributed by atoms with Gasteiger partial charge in [0.25, 0.3) is 5.91 Å². The fourth-order valence-electron chi connectivity index (χ4n) is 2.86. The highest BCUT2D eigenvalue weighted by molar-refractivity contribution is 5.93. The number of nitrogens with zero attached hydrogens (tertiary/aromatic N) is 3. The maximum absolute atomic E-state index is 13.0. The molecule has 0 atom stereocenters. The molecular weight excluding hydrogens is 340 g/mol. The van der Waals surface area contributed by atoms with E-state index in [1.807, 2.05) is 42.5 Å². The highest BCUT2D eigenvalue weighted by atomic mass is 16.5. The van der Waals surface area contributed by atoms with Crippen molar-refractivity contribution in [1.82, 2.24) is 20.1 Å². The molecule has 6 nitrogen and oxygen atoms in total. The van der Waals surface area contributed by atoms with Gasteiger partial charge in [-0.15, -0.1) is 0 Å². The molecule has 0 aliphatic heterocycles. The number of ether oxygens (including phenoxy) is 1. The Kier molecular flexibility index (Phi) is 5.86. The van der Waals surface area contributed by atoms with Crippen LogP contribution in [0.2, 0.25) is 0 Å². The summed E-state index contributed by atoms with van der Waals surface area (Å²) in [7, 11) is 1.63. The molecule has 3 rings (SSSR count). The van der Waals surface area contributed by atoms with Gasteiger partial charge in [-0.1, -0.05) is 19.9 Å². The molecule has 0 saturated carbocycles. The zero-order chi connectivity index (χ0) is 19.2. The number of H-pyrrole nitrogens is 1. The zero-order valence-corrected chi connectivity index (χ0v) is 15.8. The van der Waals surface area contributed by atoms with Gasteiger partial charge in [0.2, 0.25) is 0 Å². The number of carbonyl (C=O) groups excluding carboxylic acids is 1. The number of rotatable bonds is 7. The molecule has 27 heavy (non-hydrogen) atoms. The molecule has 1 N–H and O–H groups in total. The van der Waals surface area contributed by atoms with Crippen LogP contribution in [0.5, 0.6) is 5.75 Å². The summed E-state index contributed by atoms with van der Waals surface area (Å²) in [6, 6.07) is 15.1. The summed E-state index contributed by atoms with van der Waals surface area (Å²) in [6.07, 6.45) is 1.74. The van der Waals surface area contributed by atoms with E-state index in [1.54, 1.807) is 24.3 Å². The molecule has 2 heterocycles. The maximum Gasteiger partial charge on any atom is 0.272 e. The third kappa shape index (κ3) is 4.73. The summed E-state index contributed by atoms with van der Waals surface area (Å²) in [6.45, 7) is 5.30. The topological polar surface area (TPSA) is 71.1 Å². The molecule has 0 aliphatic rings. The van der Waals surface area contributed by atoms with Crippen molar-refractivity contribution in [1.29, 1.82) is 0 Å². The van der Waals surface area contributed by atoms with Crippen molar-refractivity contribution in [3.05, 3.63) is 66.1 Å². The van der Waals surface area contributed by atoms with Crippen LogP contribution in [0.3, 0.4) is 0 Å². The number of carbonyl (C=O) groups is 1. The van der Waals surface area contributed by atoms with Crippen LogP contribution in [-0.4, -0.2) is 39.6 Å². The van der Waals surface area contributed by atoms with Gasteiger partial charge in [0, 0.05) is 18.3 Å². The van der Waals surface area contributed by atoms with Gasteiger partial charge in [0.05, 0.1) is 25.0 Å². The quantitative estimate of drug-likeness (QED) is 0.693. The number of amides is 1. The highest BCUT2D eigenvalue weighted by Gasteiger charge is 2.20. The molecule has 0 aliphatic carbocycles. The van der Waals surface area contributed by atoms with Crippen molar-refractivity contribution in [2.24, 2.45) is 5.92 Å². The van der Waals surface area contributed by atoms with Crippen molar-refractivity contribution >= 4 is 5.91 Å².